The van der Waals surface area contributed by atoms with Crippen LogP contribution in [0.2, 0.25) is 25.7 Å². The molecule has 1 amide bonds. The number of alkyl carbamates (subject to hydrolysis) is 1. The molecule has 13 heteroatoms. The highest BCUT2D eigenvalue weighted by molar-refractivity contribution is 7.14. The Morgan fingerprint density at radius 3 is 2.50 bits per heavy atom. The van der Waals surface area contributed by atoms with Crippen LogP contribution in [-0.2, 0) is 20.8 Å². The van der Waals surface area contributed by atoms with Crippen LogP contribution in [0.1, 0.15) is 62.1 Å². The lowest BCUT2D eigenvalue weighted by Crippen LogP contribution is -2.36. The molecule has 3 N–H and O–H groups in total. The summed E-state index contributed by atoms with van der Waals surface area (Å²) in [6.07, 6.45) is 1.36. The Labute approximate surface area is 250 Å². The summed E-state index contributed by atoms with van der Waals surface area (Å²) >= 11 is 4.46. The third-order valence-electron chi connectivity index (χ3n) is 5.41. The summed E-state index contributed by atoms with van der Waals surface area (Å²) in [6, 6.07) is 0.852. The van der Waals surface area contributed by atoms with Gasteiger partial charge in [0.15, 0.2) is 0 Å². The Balaban J connectivity index is 1.58. The normalized spacial score (nSPS) is 13.6. The third kappa shape index (κ3) is 10.7. The largest absolute Gasteiger partial charge is 0.444 e. The number of nitrogens with two attached hydrogens (primary N) is 1. The first kappa shape index (κ1) is 32.4. The molecule has 9 nitrogen and oxygen atoms in total. The van der Waals surface area contributed by atoms with Crippen molar-refractivity contribution in [3.05, 3.63) is 37.5 Å². The summed E-state index contributed by atoms with van der Waals surface area (Å²) < 4.78 is 16.6. The second-order valence-corrected chi connectivity index (χ2v) is 20.2. The summed E-state index contributed by atoms with van der Waals surface area (Å²) in [5.41, 5.74) is 8.58. The van der Waals surface area contributed by atoms with Gasteiger partial charge in [-0.2, -0.15) is 0 Å². The molecule has 220 valence electrons. The second-order valence-electron chi connectivity index (χ2n) is 11.9. The first-order chi connectivity index (χ1) is 18.7. The van der Waals surface area contributed by atoms with Gasteiger partial charge in [-0.15, -0.1) is 34.0 Å². The molecule has 3 rings (SSSR count). The maximum atomic E-state index is 12.4. The lowest BCUT2D eigenvalue weighted by Gasteiger charge is -2.24. The quantitative estimate of drug-likeness (QED) is 0.116. The van der Waals surface area contributed by atoms with E-state index >= 15 is 0 Å². The van der Waals surface area contributed by atoms with Crippen LogP contribution in [0.25, 0.3) is 22.5 Å². The second kappa shape index (κ2) is 14.1. The van der Waals surface area contributed by atoms with E-state index in [2.05, 4.69) is 29.9 Å². The van der Waals surface area contributed by atoms with E-state index in [-0.39, 0.29) is 18.8 Å². The maximum Gasteiger partial charge on any atom is 0.408 e. The van der Waals surface area contributed by atoms with Crippen molar-refractivity contribution >= 4 is 60.0 Å². The van der Waals surface area contributed by atoms with Crippen LogP contribution in [0.4, 0.5) is 4.79 Å². The van der Waals surface area contributed by atoms with Crippen LogP contribution in [0.3, 0.4) is 0 Å². The number of ether oxygens (including phenoxy) is 3. The van der Waals surface area contributed by atoms with Crippen molar-refractivity contribution in [2.75, 3.05) is 13.4 Å². The number of hydrogen-bond donors (Lipinski definition) is 2. The van der Waals surface area contributed by atoms with Gasteiger partial charge in [0.25, 0.3) is 0 Å². The molecule has 1 atom stereocenters. The molecule has 0 unspecified atom stereocenters. The molecule has 3 aromatic heterocycles. The number of nitrogens with one attached hydrogen (secondary N) is 1. The van der Waals surface area contributed by atoms with Crippen LogP contribution in [0.5, 0.6) is 0 Å². The highest BCUT2D eigenvalue weighted by atomic mass is 32.1. The number of rotatable bonds is 13. The molecular weight excluding hydrogens is 583 g/mol. The summed E-state index contributed by atoms with van der Waals surface area (Å²) in [5, 5.41) is 11.1. The molecule has 0 spiro atoms. The predicted octanol–water partition coefficient (Wildman–Crippen LogP) is 7.23. The SMILES string of the molecule is CC(C)[C@H](NC(=O)OC(C)(C)C)c1nc(-c2nc(/C(N)=C\c3nc(COCOCC[Si](C)(C)C)cs3)cs2)cs1. The van der Waals surface area contributed by atoms with E-state index < -0.39 is 19.8 Å². The number of carbonyl (C=O) groups excluding carboxylic acids is 1. The number of carbonyl (C=O) groups is 1. The molecule has 0 aliphatic carbocycles. The van der Waals surface area contributed by atoms with Gasteiger partial charge in [-0.05, 0) is 38.8 Å². The number of nitrogens with zero attached hydrogens (tertiary/aromatic N) is 3. The van der Waals surface area contributed by atoms with Gasteiger partial charge in [0.1, 0.15) is 33.1 Å². The van der Waals surface area contributed by atoms with Crippen molar-refractivity contribution in [2.45, 2.75) is 78.6 Å². The maximum absolute atomic E-state index is 12.4. The number of aromatic nitrogens is 3. The van der Waals surface area contributed by atoms with E-state index in [4.69, 9.17) is 29.9 Å². The number of amides is 1. The molecular formula is C27H41N5O4S3Si. The molecule has 0 aliphatic rings. The van der Waals surface area contributed by atoms with E-state index in [0.29, 0.717) is 18.0 Å². The average Bonchev–Trinajstić information content (AvgIpc) is 3.58. The van der Waals surface area contributed by atoms with Gasteiger partial charge < -0.3 is 25.3 Å². The standard InChI is InChI=1S/C27H41N5O4S3Si/c1-17(2)23(32-26(33)36-27(3,4)5)25-31-21(15-39-25)24-30-20(14-38-24)19(28)11-22-29-18(13-37-22)12-35-16-34-9-10-40(6,7)8/h11,13-15,17,23H,9-10,12,16,28H2,1-8H3,(H,32,33)/b19-11+/t23-/m0/s1. The van der Waals surface area contributed by atoms with Crippen LogP contribution in [0, 0.1) is 5.92 Å². The summed E-state index contributed by atoms with van der Waals surface area (Å²) in [7, 11) is -1.09. The Morgan fingerprint density at radius 2 is 1.82 bits per heavy atom. The van der Waals surface area contributed by atoms with Gasteiger partial charge in [0, 0.05) is 30.8 Å². The summed E-state index contributed by atoms with van der Waals surface area (Å²) in [6.45, 7) is 18.0. The highest BCUT2D eigenvalue weighted by Crippen LogP contribution is 2.32. The van der Waals surface area contributed by atoms with Crippen molar-refractivity contribution in [1.82, 2.24) is 20.3 Å². The number of hydrogen-bond acceptors (Lipinski definition) is 11. The van der Waals surface area contributed by atoms with Crippen molar-refractivity contribution in [1.29, 1.82) is 0 Å². The Kier molecular flexibility index (Phi) is 11.4. The topological polar surface area (TPSA) is 121 Å². The molecule has 0 saturated carbocycles. The van der Waals surface area contributed by atoms with E-state index in [0.717, 1.165) is 39.1 Å². The molecule has 40 heavy (non-hydrogen) atoms. The van der Waals surface area contributed by atoms with Crippen molar-refractivity contribution in [2.24, 2.45) is 11.7 Å². The molecule has 0 aliphatic heterocycles. The highest BCUT2D eigenvalue weighted by Gasteiger charge is 2.25. The fourth-order valence-electron chi connectivity index (χ4n) is 3.31. The summed E-state index contributed by atoms with van der Waals surface area (Å²) in [5.74, 6) is 0.132. The van der Waals surface area contributed by atoms with Crippen molar-refractivity contribution < 1.29 is 19.0 Å². The lowest BCUT2D eigenvalue weighted by atomic mass is 10.1. The van der Waals surface area contributed by atoms with Crippen molar-refractivity contribution in [3.63, 3.8) is 0 Å². The lowest BCUT2D eigenvalue weighted by molar-refractivity contribution is -0.0581. The minimum absolute atomic E-state index is 0.132. The zero-order chi connectivity index (χ0) is 29.5. The predicted molar refractivity (Wildman–Crippen MR) is 168 cm³/mol. The van der Waals surface area contributed by atoms with E-state index in [9.17, 15) is 4.79 Å². The Bertz CT molecular complexity index is 1270. The Morgan fingerprint density at radius 1 is 1.07 bits per heavy atom. The molecule has 3 heterocycles. The third-order valence-corrected chi connectivity index (χ3v) is 9.74. The molecule has 3 aromatic rings. The molecule has 0 radical (unpaired) electrons. The zero-order valence-corrected chi connectivity index (χ0v) is 28.0. The smallest absolute Gasteiger partial charge is 0.408 e. The minimum atomic E-state index is -1.09. The molecule has 0 aromatic carbocycles. The van der Waals surface area contributed by atoms with Crippen molar-refractivity contribution in [3.8, 4) is 10.7 Å². The monoisotopic (exact) mass is 623 g/mol. The van der Waals surface area contributed by atoms with Crippen LogP contribution in [-0.4, -0.2) is 48.1 Å². The van der Waals surface area contributed by atoms with Gasteiger partial charge in [0.05, 0.1) is 29.7 Å². The Hall–Kier alpha value is -2.16. The van der Waals surface area contributed by atoms with E-state index in [1.54, 1.807) is 0 Å². The van der Waals surface area contributed by atoms with Gasteiger partial charge in [-0.3, -0.25) is 0 Å². The van der Waals surface area contributed by atoms with E-state index in [1.807, 2.05) is 56.8 Å². The van der Waals surface area contributed by atoms with Gasteiger partial charge in [0.2, 0.25) is 0 Å². The van der Waals surface area contributed by atoms with Crippen LogP contribution < -0.4 is 11.1 Å². The van der Waals surface area contributed by atoms with E-state index in [1.165, 1.54) is 34.0 Å². The first-order valence-corrected chi connectivity index (χ1v) is 19.5. The molecule has 0 bridgehead atoms. The van der Waals surface area contributed by atoms with Gasteiger partial charge in [-0.25, -0.2) is 19.7 Å². The number of thiazole rings is 3. The van der Waals surface area contributed by atoms with Crippen LogP contribution in [0.15, 0.2) is 16.1 Å². The van der Waals surface area contributed by atoms with Crippen LogP contribution >= 0.6 is 34.0 Å². The minimum Gasteiger partial charge on any atom is -0.444 e. The molecule has 0 fully saturated rings. The van der Waals surface area contributed by atoms with Gasteiger partial charge >= 0.3 is 6.09 Å². The fourth-order valence-corrected chi connectivity index (χ4v) is 6.69. The zero-order valence-electron chi connectivity index (χ0n) is 24.6. The molecule has 0 saturated heterocycles. The summed E-state index contributed by atoms with van der Waals surface area (Å²) in [4.78, 5) is 26.4. The first-order valence-electron chi connectivity index (χ1n) is 13.2. The fraction of sp³-hybridized carbons (Fsp3) is 0.556. The average molecular weight is 624 g/mol. The van der Waals surface area contributed by atoms with Gasteiger partial charge in [-0.1, -0.05) is 33.5 Å².